The number of hydrogen-bond donors (Lipinski definition) is 2. The zero-order chi connectivity index (χ0) is 16.9. The summed E-state index contributed by atoms with van der Waals surface area (Å²) in [6, 6.07) is 6.64. The number of nitrogens with zero attached hydrogens (tertiary/aromatic N) is 1. The van der Waals surface area contributed by atoms with Gasteiger partial charge < -0.3 is 10.6 Å². The summed E-state index contributed by atoms with van der Waals surface area (Å²) in [6.07, 6.45) is 4.53. The summed E-state index contributed by atoms with van der Waals surface area (Å²) in [4.78, 5) is 14.7. The van der Waals surface area contributed by atoms with Crippen molar-refractivity contribution in [3.05, 3.63) is 33.8 Å². The van der Waals surface area contributed by atoms with Crippen LogP contribution < -0.4 is 10.6 Å². The van der Waals surface area contributed by atoms with Gasteiger partial charge in [0.05, 0.1) is 6.04 Å². The van der Waals surface area contributed by atoms with Crippen molar-refractivity contribution in [3.63, 3.8) is 0 Å². The van der Waals surface area contributed by atoms with Crippen LogP contribution in [-0.2, 0) is 11.3 Å². The van der Waals surface area contributed by atoms with Crippen molar-refractivity contribution in [2.75, 3.05) is 26.2 Å². The number of piperidine rings is 1. The Hall–Kier alpha value is -0.620. The van der Waals surface area contributed by atoms with Gasteiger partial charge in [0.1, 0.15) is 0 Å². The first-order chi connectivity index (χ1) is 11.6. The average Bonchev–Trinajstić information content (AvgIpc) is 3.11. The van der Waals surface area contributed by atoms with E-state index in [1.54, 1.807) is 0 Å². The lowest BCUT2D eigenvalue weighted by molar-refractivity contribution is -0.123. The van der Waals surface area contributed by atoms with E-state index in [-0.39, 0.29) is 24.4 Å². The van der Waals surface area contributed by atoms with E-state index in [0.717, 1.165) is 45.6 Å². The Labute approximate surface area is 165 Å². The van der Waals surface area contributed by atoms with Crippen LogP contribution in [0.4, 0.5) is 0 Å². The van der Waals surface area contributed by atoms with Crippen molar-refractivity contribution < 1.29 is 4.79 Å². The lowest BCUT2D eigenvalue weighted by Gasteiger charge is -2.33. The highest BCUT2D eigenvalue weighted by Crippen LogP contribution is 2.21. The molecule has 1 aromatic carbocycles. The Bertz CT molecular complexity index is 578. The summed E-state index contributed by atoms with van der Waals surface area (Å²) in [7, 11) is 0. The number of aryl methyl sites for hydroxylation is 1. The maximum atomic E-state index is 12.1. The molecule has 2 aliphatic rings. The van der Waals surface area contributed by atoms with Gasteiger partial charge >= 0.3 is 0 Å². The molecule has 2 atom stereocenters. The van der Waals surface area contributed by atoms with Gasteiger partial charge in [0, 0.05) is 24.1 Å². The van der Waals surface area contributed by atoms with E-state index in [1.807, 2.05) is 0 Å². The normalized spacial score (nSPS) is 23.9. The SMILES string of the molecule is Cc1cc(CN2CCCC(CNC(=O)C3CCCN3)C2)ccc1Br.Cl. The second-order valence-electron chi connectivity index (χ2n) is 7.22. The quantitative estimate of drug-likeness (QED) is 0.753. The van der Waals surface area contributed by atoms with Gasteiger partial charge in [-0.15, -0.1) is 12.4 Å². The fraction of sp³-hybridized carbons (Fsp3) is 0.632. The lowest BCUT2D eigenvalue weighted by atomic mass is 9.97. The fourth-order valence-corrected chi connectivity index (χ4v) is 4.05. The molecule has 2 unspecified atom stereocenters. The molecule has 4 nitrogen and oxygen atoms in total. The standard InChI is InChI=1S/C19H28BrN3O.ClH/c1-14-10-15(6-7-17(14)20)12-23-9-3-4-16(13-23)11-22-19(24)18-5-2-8-21-18;/h6-7,10,16,18,21H,2-5,8-9,11-13H2,1H3,(H,22,24);1H. The summed E-state index contributed by atoms with van der Waals surface area (Å²) >= 11 is 3.57. The van der Waals surface area contributed by atoms with Gasteiger partial charge in [-0.05, 0) is 68.8 Å². The van der Waals surface area contributed by atoms with Crippen LogP contribution in [0.1, 0.15) is 36.8 Å². The number of rotatable bonds is 5. The first-order valence-electron chi connectivity index (χ1n) is 9.10. The number of carbonyl (C=O) groups is 1. The maximum Gasteiger partial charge on any atom is 0.237 e. The highest BCUT2D eigenvalue weighted by Gasteiger charge is 2.24. The third-order valence-corrected chi connectivity index (χ3v) is 6.06. The van der Waals surface area contributed by atoms with Gasteiger partial charge in [0.2, 0.25) is 5.91 Å². The summed E-state index contributed by atoms with van der Waals surface area (Å²) in [5.74, 6) is 0.758. The van der Waals surface area contributed by atoms with E-state index in [0.29, 0.717) is 5.92 Å². The lowest BCUT2D eigenvalue weighted by Crippen LogP contribution is -2.45. The topological polar surface area (TPSA) is 44.4 Å². The van der Waals surface area contributed by atoms with Crippen LogP contribution >= 0.6 is 28.3 Å². The third kappa shape index (κ3) is 5.95. The van der Waals surface area contributed by atoms with Crippen LogP contribution in [0.5, 0.6) is 0 Å². The van der Waals surface area contributed by atoms with E-state index in [9.17, 15) is 4.79 Å². The molecule has 2 N–H and O–H groups in total. The molecule has 2 heterocycles. The van der Waals surface area contributed by atoms with Crippen molar-refractivity contribution >= 4 is 34.2 Å². The van der Waals surface area contributed by atoms with E-state index in [4.69, 9.17) is 0 Å². The molecule has 2 saturated heterocycles. The summed E-state index contributed by atoms with van der Waals surface area (Å²) in [6.45, 7) is 7.16. The summed E-state index contributed by atoms with van der Waals surface area (Å²) < 4.78 is 1.17. The van der Waals surface area contributed by atoms with Crippen LogP contribution in [0.15, 0.2) is 22.7 Å². The Morgan fingerprint density at radius 2 is 2.20 bits per heavy atom. The predicted octanol–water partition coefficient (Wildman–Crippen LogP) is 3.26. The van der Waals surface area contributed by atoms with Crippen LogP contribution in [0.2, 0.25) is 0 Å². The van der Waals surface area contributed by atoms with Gasteiger partial charge in [-0.3, -0.25) is 9.69 Å². The van der Waals surface area contributed by atoms with E-state index < -0.39 is 0 Å². The molecule has 0 aromatic heterocycles. The molecule has 0 radical (unpaired) electrons. The zero-order valence-corrected chi connectivity index (χ0v) is 17.3. The molecule has 2 aliphatic heterocycles. The van der Waals surface area contributed by atoms with Gasteiger partial charge in [-0.25, -0.2) is 0 Å². The second kappa shape index (κ2) is 9.91. The van der Waals surface area contributed by atoms with Gasteiger partial charge in [-0.1, -0.05) is 28.1 Å². The van der Waals surface area contributed by atoms with E-state index in [2.05, 4.69) is 56.6 Å². The average molecular weight is 431 g/mol. The number of likely N-dealkylation sites (tertiary alicyclic amines) is 1. The Balaban J connectivity index is 0.00000225. The molecule has 25 heavy (non-hydrogen) atoms. The molecule has 6 heteroatoms. The molecule has 0 aliphatic carbocycles. The molecule has 1 aromatic rings. The highest BCUT2D eigenvalue weighted by molar-refractivity contribution is 9.10. The molecule has 0 saturated carbocycles. The van der Waals surface area contributed by atoms with Crippen LogP contribution in [0, 0.1) is 12.8 Å². The molecule has 2 fully saturated rings. The van der Waals surface area contributed by atoms with Crippen molar-refractivity contribution in [1.29, 1.82) is 0 Å². The zero-order valence-electron chi connectivity index (χ0n) is 14.9. The minimum atomic E-state index is 0. The Morgan fingerprint density at radius 1 is 1.36 bits per heavy atom. The van der Waals surface area contributed by atoms with E-state index >= 15 is 0 Å². The number of benzene rings is 1. The Kier molecular flexibility index (Phi) is 8.20. The third-order valence-electron chi connectivity index (χ3n) is 5.17. The largest absolute Gasteiger partial charge is 0.354 e. The fourth-order valence-electron chi connectivity index (χ4n) is 3.80. The minimum absolute atomic E-state index is 0. The van der Waals surface area contributed by atoms with Gasteiger partial charge in [0.25, 0.3) is 0 Å². The first kappa shape index (κ1) is 20.7. The van der Waals surface area contributed by atoms with Crippen molar-refractivity contribution in [2.24, 2.45) is 5.92 Å². The van der Waals surface area contributed by atoms with Crippen molar-refractivity contribution in [3.8, 4) is 0 Å². The number of amides is 1. The number of halogens is 2. The molecule has 3 rings (SSSR count). The van der Waals surface area contributed by atoms with Crippen LogP contribution in [0.25, 0.3) is 0 Å². The predicted molar refractivity (Wildman–Crippen MR) is 108 cm³/mol. The molecule has 1 amide bonds. The second-order valence-corrected chi connectivity index (χ2v) is 8.08. The Morgan fingerprint density at radius 3 is 2.92 bits per heavy atom. The highest BCUT2D eigenvalue weighted by atomic mass is 79.9. The molecule has 0 spiro atoms. The van der Waals surface area contributed by atoms with Crippen molar-refractivity contribution in [1.82, 2.24) is 15.5 Å². The molecule has 0 bridgehead atoms. The maximum absolute atomic E-state index is 12.1. The summed E-state index contributed by atoms with van der Waals surface area (Å²) in [5, 5.41) is 6.43. The van der Waals surface area contributed by atoms with Crippen LogP contribution in [-0.4, -0.2) is 43.0 Å². The number of nitrogens with one attached hydrogen (secondary N) is 2. The summed E-state index contributed by atoms with van der Waals surface area (Å²) in [5.41, 5.74) is 2.66. The molecule has 140 valence electrons. The van der Waals surface area contributed by atoms with Gasteiger partial charge in [-0.2, -0.15) is 0 Å². The number of carbonyl (C=O) groups excluding carboxylic acids is 1. The first-order valence-corrected chi connectivity index (χ1v) is 9.89. The van der Waals surface area contributed by atoms with Gasteiger partial charge in [0.15, 0.2) is 0 Å². The minimum Gasteiger partial charge on any atom is -0.354 e. The molecular weight excluding hydrogens is 402 g/mol. The smallest absolute Gasteiger partial charge is 0.237 e. The van der Waals surface area contributed by atoms with Crippen LogP contribution in [0.3, 0.4) is 0 Å². The van der Waals surface area contributed by atoms with Crippen molar-refractivity contribution in [2.45, 2.75) is 45.2 Å². The number of hydrogen-bond acceptors (Lipinski definition) is 3. The monoisotopic (exact) mass is 429 g/mol. The molecular formula is C19H29BrClN3O. The van der Waals surface area contributed by atoms with E-state index in [1.165, 1.54) is 28.4 Å².